The molecule has 4 amide bonds. The summed E-state index contributed by atoms with van der Waals surface area (Å²) in [5.41, 5.74) is 9.30. The Morgan fingerprint density at radius 3 is 2.80 bits per heavy atom. The highest BCUT2D eigenvalue weighted by molar-refractivity contribution is 6.06. The Kier molecular flexibility index (Phi) is 5.72. The van der Waals surface area contributed by atoms with Gasteiger partial charge in [-0.1, -0.05) is 24.3 Å². The lowest BCUT2D eigenvalue weighted by Gasteiger charge is -2.33. The van der Waals surface area contributed by atoms with Gasteiger partial charge < -0.3 is 15.5 Å². The second-order valence-electron chi connectivity index (χ2n) is 9.08. The van der Waals surface area contributed by atoms with E-state index >= 15 is 0 Å². The van der Waals surface area contributed by atoms with Crippen LogP contribution in [0.3, 0.4) is 0 Å². The third kappa shape index (κ3) is 4.11. The molecule has 3 aliphatic rings. The van der Waals surface area contributed by atoms with Crippen LogP contribution in [0.2, 0.25) is 0 Å². The van der Waals surface area contributed by atoms with Crippen LogP contribution in [0.25, 0.3) is 11.3 Å². The van der Waals surface area contributed by atoms with Gasteiger partial charge in [0.15, 0.2) is 0 Å². The maximum Gasteiger partial charge on any atom is 0.255 e. The molecule has 1 fully saturated rings. The van der Waals surface area contributed by atoms with Crippen molar-refractivity contribution in [1.29, 1.82) is 0 Å². The minimum Gasteiger partial charge on any atom is -0.368 e. The minimum absolute atomic E-state index is 0.0203. The first kappa shape index (κ1) is 22.6. The van der Waals surface area contributed by atoms with Gasteiger partial charge >= 0.3 is 0 Å². The molecule has 35 heavy (non-hydrogen) atoms. The molecule has 2 aromatic rings. The number of aromatic nitrogens is 2. The molecule has 3 atom stereocenters. The molecule has 1 saturated heterocycles. The zero-order chi connectivity index (χ0) is 24.7. The van der Waals surface area contributed by atoms with Crippen LogP contribution in [0, 0.1) is 0 Å². The van der Waals surface area contributed by atoms with E-state index in [1.165, 1.54) is 4.90 Å². The monoisotopic (exact) mass is 474 g/mol. The molecule has 5 rings (SSSR count). The largest absolute Gasteiger partial charge is 0.368 e. The van der Waals surface area contributed by atoms with Crippen molar-refractivity contribution < 1.29 is 19.2 Å². The van der Waals surface area contributed by atoms with Crippen LogP contribution in [0.1, 0.15) is 41.4 Å². The number of nitrogens with zero attached hydrogens (tertiary/aromatic N) is 3. The zero-order valence-corrected chi connectivity index (χ0v) is 19.2. The van der Waals surface area contributed by atoms with Crippen molar-refractivity contribution in [2.24, 2.45) is 5.73 Å². The quantitative estimate of drug-likeness (QED) is 0.534. The normalized spacial score (nSPS) is 22.4. The number of rotatable bonds is 6. The number of imide groups is 1. The standard InChI is InChI=1S/C25H26N6O4/c1-14(30-10-3-2-7-20(30)23(26)33)11-15-12-19(29-28-15)16-5-4-6-17-18(16)13-31(25(17)35)21-8-9-22(32)27-24(21)34/h2-7,10,12,14,20-21H,8-9,11,13H2,1H3,(H2,26,33)(H,28,29)(H,27,32,34). The molecule has 0 saturated carbocycles. The Balaban J connectivity index is 1.35. The first-order valence-electron chi connectivity index (χ1n) is 11.6. The van der Waals surface area contributed by atoms with E-state index < -0.39 is 23.9 Å². The lowest BCUT2D eigenvalue weighted by atomic mass is 10.00. The average Bonchev–Trinajstić information content (AvgIpc) is 3.43. The highest BCUT2D eigenvalue weighted by Gasteiger charge is 2.40. The summed E-state index contributed by atoms with van der Waals surface area (Å²) in [6, 6.07) is 6.22. The van der Waals surface area contributed by atoms with E-state index in [1.54, 1.807) is 18.2 Å². The molecule has 0 radical (unpaired) electrons. The van der Waals surface area contributed by atoms with E-state index in [4.69, 9.17) is 5.73 Å². The van der Waals surface area contributed by atoms with E-state index in [9.17, 15) is 19.2 Å². The number of hydrogen-bond acceptors (Lipinski definition) is 6. The lowest BCUT2D eigenvalue weighted by molar-refractivity contribution is -0.137. The lowest BCUT2D eigenvalue weighted by Crippen LogP contribution is -2.52. The molecule has 10 heteroatoms. The first-order valence-corrected chi connectivity index (χ1v) is 11.6. The maximum absolute atomic E-state index is 13.1. The second kappa shape index (κ2) is 8.86. The van der Waals surface area contributed by atoms with E-state index in [0.717, 1.165) is 16.8 Å². The predicted molar refractivity (Wildman–Crippen MR) is 126 cm³/mol. The van der Waals surface area contributed by atoms with Gasteiger partial charge in [0.05, 0.1) is 5.69 Å². The van der Waals surface area contributed by atoms with Gasteiger partial charge in [-0.25, -0.2) is 0 Å². The molecule has 4 heterocycles. The highest BCUT2D eigenvalue weighted by Crippen LogP contribution is 2.34. The summed E-state index contributed by atoms with van der Waals surface area (Å²) in [6.07, 6.45) is 8.44. The van der Waals surface area contributed by atoms with Crippen LogP contribution in [0.5, 0.6) is 0 Å². The summed E-state index contributed by atoms with van der Waals surface area (Å²) in [5, 5.41) is 9.88. The molecule has 4 N–H and O–H groups in total. The fraction of sp³-hybridized carbons (Fsp3) is 0.320. The van der Waals surface area contributed by atoms with Crippen LogP contribution < -0.4 is 11.1 Å². The average molecular weight is 475 g/mol. The van der Waals surface area contributed by atoms with Crippen molar-refractivity contribution in [3.8, 4) is 11.3 Å². The van der Waals surface area contributed by atoms with Crippen LogP contribution in [-0.4, -0.2) is 61.8 Å². The number of fused-ring (bicyclic) bond motifs is 1. The number of allylic oxidation sites excluding steroid dienone is 2. The molecule has 0 aliphatic carbocycles. The number of carbonyl (C=O) groups excluding carboxylic acids is 4. The van der Waals surface area contributed by atoms with E-state index in [2.05, 4.69) is 15.5 Å². The summed E-state index contributed by atoms with van der Waals surface area (Å²) in [7, 11) is 0. The number of H-pyrrole nitrogens is 1. The molecule has 180 valence electrons. The van der Waals surface area contributed by atoms with Crippen LogP contribution in [-0.2, 0) is 27.3 Å². The van der Waals surface area contributed by atoms with Gasteiger partial charge in [-0.2, -0.15) is 5.10 Å². The SMILES string of the molecule is CC(Cc1cc(-c2cccc3c2CN(C2CCC(=O)NC2=O)C3=O)n[nH]1)N1C=CC=CC1C(N)=O. The van der Waals surface area contributed by atoms with Crippen molar-refractivity contribution in [3.05, 3.63) is 65.5 Å². The maximum atomic E-state index is 13.1. The van der Waals surface area contributed by atoms with E-state index in [-0.39, 0.29) is 30.8 Å². The Bertz CT molecular complexity index is 1280. The Hall–Kier alpha value is -4.21. The topological polar surface area (TPSA) is 141 Å². The predicted octanol–water partition coefficient (Wildman–Crippen LogP) is 1.01. The van der Waals surface area contributed by atoms with Crippen molar-refractivity contribution in [2.75, 3.05) is 0 Å². The van der Waals surface area contributed by atoms with Crippen LogP contribution in [0.4, 0.5) is 0 Å². The molecule has 1 aromatic heterocycles. The van der Waals surface area contributed by atoms with Crippen molar-refractivity contribution in [1.82, 2.24) is 25.3 Å². The van der Waals surface area contributed by atoms with Crippen LogP contribution in [0.15, 0.2) is 48.7 Å². The Labute approximate surface area is 201 Å². The second-order valence-corrected chi connectivity index (χ2v) is 9.08. The molecule has 3 aliphatic heterocycles. The zero-order valence-electron chi connectivity index (χ0n) is 19.2. The molecule has 10 nitrogen and oxygen atoms in total. The first-order chi connectivity index (χ1) is 16.8. The van der Waals surface area contributed by atoms with Gasteiger partial charge in [-0.3, -0.25) is 29.6 Å². The van der Waals surface area contributed by atoms with Gasteiger partial charge in [0.2, 0.25) is 17.7 Å². The molecule has 3 unspecified atom stereocenters. The third-order valence-electron chi connectivity index (χ3n) is 6.79. The number of amides is 4. The highest BCUT2D eigenvalue weighted by atomic mass is 16.2. The smallest absolute Gasteiger partial charge is 0.255 e. The van der Waals surface area contributed by atoms with Gasteiger partial charge in [0, 0.05) is 48.4 Å². The number of carbonyl (C=O) groups is 4. The molecule has 0 spiro atoms. The Morgan fingerprint density at radius 2 is 2.03 bits per heavy atom. The number of primary amides is 1. The number of aromatic amines is 1. The third-order valence-corrected chi connectivity index (χ3v) is 6.79. The van der Waals surface area contributed by atoms with Crippen molar-refractivity contribution in [3.63, 3.8) is 0 Å². The van der Waals surface area contributed by atoms with Crippen molar-refractivity contribution >= 4 is 23.6 Å². The molecular weight excluding hydrogens is 448 g/mol. The van der Waals surface area contributed by atoms with Gasteiger partial charge in [0.1, 0.15) is 12.1 Å². The summed E-state index contributed by atoms with van der Waals surface area (Å²) < 4.78 is 0. The number of piperidine rings is 1. The van der Waals surface area contributed by atoms with Crippen LogP contribution >= 0.6 is 0 Å². The summed E-state index contributed by atoms with van der Waals surface area (Å²) in [4.78, 5) is 52.3. The summed E-state index contributed by atoms with van der Waals surface area (Å²) in [6.45, 7) is 2.29. The van der Waals surface area contributed by atoms with Gasteiger partial charge in [-0.05, 0) is 37.1 Å². The Morgan fingerprint density at radius 1 is 1.23 bits per heavy atom. The minimum atomic E-state index is -0.666. The fourth-order valence-electron chi connectivity index (χ4n) is 5.03. The summed E-state index contributed by atoms with van der Waals surface area (Å²) in [5.74, 6) is -1.38. The molecule has 0 bridgehead atoms. The van der Waals surface area contributed by atoms with Crippen molar-refractivity contribution in [2.45, 2.75) is 50.9 Å². The number of hydrogen-bond donors (Lipinski definition) is 3. The molecule has 1 aromatic carbocycles. The van der Waals surface area contributed by atoms with Gasteiger partial charge in [0.25, 0.3) is 5.91 Å². The number of benzene rings is 1. The number of nitrogens with one attached hydrogen (secondary N) is 2. The number of nitrogens with two attached hydrogens (primary N) is 1. The van der Waals surface area contributed by atoms with E-state index in [1.807, 2.05) is 42.3 Å². The summed E-state index contributed by atoms with van der Waals surface area (Å²) >= 11 is 0. The van der Waals surface area contributed by atoms with E-state index in [0.29, 0.717) is 24.1 Å². The fourth-order valence-corrected chi connectivity index (χ4v) is 5.03. The molecular formula is C25H26N6O4. The van der Waals surface area contributed by atoms with Gasteiger partial charge in [-0.15, -0.1) is 0 Å².